The Morgan fingerprint density at radius 3 is 2.79 bits per heavy atom. The second-order valence-electron chi connectivity index (χ2n) is 3.65. The molecule has 0 bridgehead atoms. The molecule has 0 aliphatic carbocycles. The summed E-state index contributed by atoms with van der Waals surface area (Å²) < 4.78 is 1.61. The first-order chi connectivity index (χ1) is 6.56. The maximum Gasteiger partial charge on any atom is 0.199 e. The molecule has 1 aromatic heterocycles. The maximum atomic E-state index is 11.8. The van der Waals surface area contributed by atoms with Gasteiger partial charge >= 0.3 is 0 Å². The first kappa shape index (κ1) is 10.9. The number of Topliss-reactive ketones (excluding diaryl/α,β-unsaturated/α-hetero) is 1. The minimum Gasteiger partial charge on any atom is -0.321 e. The quantitative estimate of drug-likeness (QED) is 0.728. The second kappa shape index (κ2) is 4.37. The van der Waals surface area contributed by atoms with Gasteiger partial charge in [0.25, 0.3) is 0 Å². The number of rotatable bonds is 4. The van der Waals surface area contributed by atoms with E-state index in [-0.39, 0.29) is 11.7 Å². The van der Waals surface area contributed by atoms with Crippen molar-refractivity contribution in [3.63, 3.8) is 0 Å². The lowest BCUT2D eigenvalue weighted by Crippen LogP contribution is -2.36. The van der Waals surface area contributed by atoms with Crippen LogP contribution in [0.3, 0.4) is 0 Å². The molecule has 14 heavy (non-hydrogen) atoms. The molecule has 0 radical (unpaired) electrons. The van der Waals surface area contributed by atoms with Gasteiger partial charge in [0.1, 0.15) is 5.69 Å². The minimum atomic E-state index is -0.435. The third kappa shape index (κ3) is 2.20. The summed E-state index contributed by atoms with van der Waals surface area (Å²) in [6.45, 7) is 4.00. The molecule has 0 amide bonds. The molecule has 0 spiro atoms. The molecule has 2 N–H and O–H groups in total. The van der Waals surface area contributed by atoms with Crippen LogP contribution in [0, 0.1) is 5.92 Å². The van der Waals surface area contributed by atoms with Crippen molar-refractivity contribution in [3.8, 4) is 0 Å². The third-order valence-corrected chi connectivity index (χ3v) is 2.53. The molecule has 1 heterocycles. The van der Waals surface area contributed by atoms with E-state index in [9.17, 15) is 4.79 Å². The Balaban J connectivity index is 2.75. The van der Waals surface area contributed by atoms with E-state index in [1.54, 1.807) is 24.0 Å². The van der Waals surface area contributed by atoms with Crippen molar-refractivity contribution in [2.24, 2.45) is 18.7 Å². The molecule has 0 fully saturated rings. The molecule has 78 valence electrons. The molecule has 4 heteroatoms. The highest BCUT2D eigenvalue weighted by Gasteiger charge is 2.22. The Kier molecular flexibility index (Phi) is 3.41. The van der Waals surface area contributed by atoms with Crippen molar-refractivity contribution in [2.75, 3.05) is 0 Å². The van der Waals surface area contributed by atoms with E-state index in [2.05, 4.69) is 5.10 Å². The number of hydrogen-bond donors (Lipinski definition) is 1. The molecule has 4 nitrogen and oxygen atoms in total. The SMILES string of the molecule is CCC(C)C(N)C(=O)c1ccn(C)n1. The molecule has 0 aliphatic heterocycles. The van der Waals surface area contributed by atoms with Gasteiger partial charge in [0.2, 0.25) is 0 Å². The predicted octanol–water partition coefficient (Wildman–Crippen LogP) is 0.976. The minimum absolute atomic E-state index is 0.0695. The zero-order valence-corrected chi connectivity index (χ0v) is 8.90. The molecule has 0 saturated carbocycles. The van der Waals surface area contributed by atoms with Gasteiger partial charge in [-0.3, -0.25) is 9.48 Å². The number of hydrogen-bond acceptors (Lipinski definition) is 3. The van der Waals surface area contributed by atoms with Gasteiger partial charge in [-0.25, -0.2) is 0 Å². The van der Waals surface area contributed by atoms with E-state index in [0.717, 1.165) is 6.42 Å². The molecule has 1 aromatic rings. The van der Waals surface area contributed by atoms with Gasteiger partial charge in [-0.15, -0.1) is 0 Å². The largest absolute Gasteiger partial charge is 0.321 e. The highest BCUT2D eigenvalue weighted by atomic mass is 16.1. The summed E-state index contributed by atoms with van der Waals surface area (Å²) >= 11 is 0. The normalized spacial score (nSPS) is 15.1. The van der Waals surface area contributed by atoms with E-state index < -0.39 is 6.04 Å². The Bertz CT molecular complexity index is 319. The molecular weight excluding hydrogens is 178 g/mol. The zero-order valence-electron chi connectivity index (χ0n) is 8.90. The summed E-state index contributed by atoms with van der Waals surface area (Å²) in [4.78, 5) is 11.8. The lowest BCUT2D eigenvalue weighted by Gasteiger charge is -2.15. The predicted molar refractivity (Wildman–Crippen MR) is 55.0 cm³/mol. The van der Waals surface area contributed by atoms with Crippen LogP contribution in [0.2, 0.25) is 0 Å². The lowest BCUT2D eigenvalue weighted by molar-refractivity contribution is 0.0929. The topological polar surface area (TPSA) is 60.9 Å². The van der Waals surface area contributed by atoms with Crippen molar-refractivity contribution < 1.29 is 4.79 Å². The van der Waals surface area contributed by atoms with Crippen molar-refractivity contribution in [3.05, 3.63) is 18.0 Å². The summed E-state index contributed by atoms with van der Waals surface area (Å²) in [5.74, 6) is 0.129. The van der Waals surface area contributed by atoms with E-state index in [4.69, 9.17) is 5.73 Å². The van der Waals surface area contributed by atoms with Crippen LogP contribution in [0.1, 0.15) is 30.8 Å². The molecule has 0 aliphatic rings. The number of aryl methyl sites for hydroxylation is 1. The van der Waals surface area contributed by atoms with Gasteiger partial charge in [-0.1, -0.05) is 20.3 Å². The molecule has 0 aromatic carbocycles. The monoisotopic (exact) mass is 195 g/mol. The number of nitrogens with zero attached hydrogens (tertiary/aromatic N) is 2. The Morgan fingerprint density at radius 1 is 1.71 bits per heavy atom. The average Bonchev–Trinajstić information content (AvgIpc) is 2.61. The fourth-order valence-corrected chi connectivity index (χ4v) is 1.23. The third-order valence-electron chi connectivity index (χ3n) is 2.53. The van der Waals surface area contributed by atoms with Crippen LogP contribution in [-0.4, -0.2) is 21.6 Å². The van der Waals surface area contributed by atoms with Crippen LogP contribution < -0.4 is 5.73 Å². The van der Waals surface area contributed by atoms with Crippen molar-refractivity contribution in [1.29, 1.82) is 0 Å². The van der Waals surface area contributed by atoms with Crippen molar-refractivity contribution >= 4 is 5.78 Å². The van der Waals surface area contributed by atoms with Gasteiger partial charge in [-0.05, 0) is 12.0 Å². The van der Waals surface area contributed by atoms with Crippen molar-refractivity contribution in [2.45, 2.75) is 26.3 Å². The van der Waals surface area contributed by atoms with Gasteiger partial charge < -0.3 is 5.73 Å². The number of carbonyl (C=O) groups is 1. The molecule has 1 rings (SSSR count). The van der Waals surface area contributed by atoms with E-state index in [1.165, 1.54) is 0 Å². The summed E-state index contributed by atoms with van der Waals surface area (Å²) in [5, 5.41) is 4.04. The molecule has 2 atom stereocenters. The van der Waals surface area contributed by atoms with Crippen LogP contribution >= 0.6 is 0 Å². The molecule has 0 saturated heterocycles. The number of nitrogens with two attached hydrogens (primary N) is 1. The Labute approximate surface area is 84.1 Å². The van der Waals surface area contributed by atoms with Crippen LogP contribution in [0.5, 0.6) is 0 Å². The Hall–Kier alpha value is -1.16. The zero-order chi connectivity index (χ0) is 10.7. The summed E-state index contributed by atoms with van der Waals surface area (Å²) in [6, 6.07) is 1.26. The first-order valence-corrected chi connectivity index (χ1v) is 4.85. The van der Waals surface area contributed by atoms with E-state index >= 15 is 0 Å². The summed E-state index contributed by atoms with van der Waals surface area (Å²) in [7, 11) is 1.78. The highest BCUT2D eigenvalue weighted by Crippen LogP contribution is 2.10. The van der Waals surface area contributed by atoms with Gasteiger partial charge in [0, 0.05) is 13.2 Å². The highest BCUT2D eigenvalue weighted by molar-refractivity contribution is 5.98. The summed E-state index contributed by atoms with van der Waals surface area (Å²) in [5.41, 5.74) is 6.27. The average molecular weight is 195 g/mol. The molecule has 2 unspecified atom stereocenters. The van der Waals surface area contributed by atoms with E-state index in [1.807, 2.05) is 13.8 Å². The van der Waals surface area contributed by atoms with Crippen LogP contribution in [0.25, 0.3) is 0 Å². The maximum absolute atomic E-state index is 11.8. The number of aromatic nitrogens is 2. The number of ketones is 1. The van der Waals surface area contributed by atoms with Crippen LogP contribution in [0.4, 0.5) is 0 Å². The number of carbonyl (C=O) groups excluding carboxylic acids is 1. The second-order valence-corrected chi connectivity index (χ2v) is 3.65. The van der Waals surface area contributed by atoms with Gasteiger partial charge in [0.15, 0.2) is 5.78 Å². The fourth-order valence-electron chi connectivity index (χ4n) is 1.23. The first-order valence-electron chi connectivity index (χ1n) is 4.85. The van der Waals surface area contributed by atoms with Crippen LogP contribution in [-0.2, 0) is 7.05 Å². The van der Waals surface area contributed by atoms with Gasteiger partial charge in [0.05, 0.1) is 6.04 Å². The Morgan fingerprint density at radius 2 is 2.36 bits per heavy atom. The molecular formula is C10H17N3O. The summed E-state index contributed by atoms with van der Waals surface area (Å²) in [6.07, 6.45) is 2.65. The fraction of sp³-hybridized carbons (Fsp3) is 0.600. The van der Waals surface area contributed by atoms with Crippen LogP contribution in [0.15, 0.2) is 12.3 Å². The smallest absolute Gasteiger partial charge is 0.199 e. The lowest BCUT2D eigenvalue weighted by atomic mass is 9.95. The van der Waals surface area contributed by atoms with Crippen molar-refractivity contribution in [1.82, 2.24) is 9.78 Å². The van der Waals surface area contributed by atoms with Gasteiger partial charge in [-0.2, -0.15) is 5.10 Å². The standard InChI is InChI=1S/C10H17N3O/c1-4-7(2)9(11)10(14)8-5-6-13(3)12-8/h5-7,9H,4,11H2,1-3H3. The van der Waals surface area contributed by atoms with E-state index in [0.29, 0.717) is 5.69 Å².